The lowest BCUT2D eigenvalue weighted by atomic mass is 9.95. The molecule has 7 heteroatoms. The number of nitrogens with zero attached hydrogens (tertiary/aromatic N) is 1. The molecule has 1 amide bonds. The molecule has 0 spiro atoms. The number of carbonyl (C=O) groups excluding carboxylic acids is 2. The standard InChI is InChI=1S/C26H27NO6/c1-15(2)19-13-20-18(12-25(29)33-23(20)11-16(19)3)14-31-24(28)9-10-27-21-7-5-6-8-22(21)32-17(4)26(27)30/h5-8,11-13,15,17H,9-10,14H2,1-4H3. The Morgan fingerprint density at radius 1 is 1.15 bits per heavy atom. The van der Waals surface area contributed by atoms with Crippen LogP contribution < -0.4 is 15.3 Å². The van der Waals surface area contributed by atoms with Gasteiger partial charge in [-0.3, -0.25) is 9.59 Å². The minimum atomic E-state index is -0.621. The Bertz CT molecular complexity index is 1280. The number of amides is 1. The lowest BCUT2D eigenvalue weighted by molar-refractivity contribution is -0.144. The predicted molar refractivity (Wildman–Crippen MR) is 125 cm³/mol. The predicted octanol–water partition coefficient (Wildman–Crippen LogP) is 4.47. The maximum Gasteiger partial charge on any atom is 0.336 e. The van der Waals surface area contributed by atoms with Gasteiger partial charge in [0.25, 0.3) is 5.91 Å². The monoisotopic (exact) mass is 449 g/mol. The van der Waals surface area contributed by atoms with Crippen molar-refractivity contribution in [3.63, 3.8) is 0 Å². The largest absolute Gasteiger partial charge is 0.479 e. The van der Waals surface area contributed by atoms with Crippen LogP contribution >= 0.6 is 0 Å². The number of aryl methyl sites for hydroxylation is 1. The first-order valence-corrected chi connectivity index (χ1v) is 11.0. The molecule has 1 aliphatic heterocycles. The van der Waals surface area contributed by atoms with Gasteiger partial charge < -0.3 is 18.8 Å². The van der Waals surface area contributed by atoms with Gasteiger partial charge >= 0.3 is 11.6 Å². The smallest absolute Gasteiger partial charge is 0.336 e. The molecule has 0 bridgehead atoms. The maximum absolute atomic E-state index is 12.6. The van der Waals surface area contributed by atoms with Crippen LogP contribution in [0.1, 0.15) is 49.8 Å². The highest BCUT2D eigenvalue weighted by molar-refractivity contribution is 6.00. The third-order valence-corrected chi connectivity index (χ3v) is 5.84. The molecule has 0 aliphatic carbocycles. The number of benzene rings is 2. The summed E-state index contributed by atoms with van der Waals surface area (Å²) in [5.41, 5.74) is 3.39. The van der Waals surface area contributed by atoms with E-state index < -0.39 is 17.7 Å². The molecule has 0 radical (unpaired) electrons. The Morgan fingerprint density at radius 2 is 1.91 bits per heavy atom. The van der Waals surface area contributed by atoms with E-state index in [-0.39, 0.29) is 25.5 Å². The third kappa shape index (κ3) is 4.62. The Labute approximate surface area is 191 Å². The van der Waals surface area contributed by atoms with Gasteiger partial charge in [-0.05, 0) is 55.2 Å². The van der Waals surface area contributed by atoms with E-state index in [1.54, 1.807) is 24.0 Å². The van der Waals surface area contributed by atoms with Gasteiger partial charge in [0.15, 0.2) is 6.10 Å². The first kappa shape index (κ1) is 22.6. The Hall–Kier alpha value is -3.61. The molecule has 1 unspecified atom stereocenters. The molecular formula is C26H27NO6. The zero-order valence-electron chi connectivity index (χ0n) is 19.2. The second kappa shape index (κ2) is 9.10. The fourth-order valence-corrected chi connectivity index (χ4v) is 4.16. The van der Waals surface area contributed by atoms with Crippen LogP contribution in [0.5, 0.6) is 5.75 Å². The van der Waals surface area contributed by atoms with Gasteiger partial charge in [-0.15, -0.1) is 0 Å². The normalized spacial score (nSPS) is 15.5. The van der Waals surface area contributed by atoms with Crippen LogP contribution in [-0.2, 0) is 20.9 Å². The molecule has 172 valence electrons. The summed E-state index contributed by atoms with van der Waals surface area (Å²) in [5, 5.41) is 0.753. The Kier molecular flexibility index (Phi) is 6.22. The first-order chi connectivity index (χ1) is 15.7. The molecule has 0 saturated heterocycles. The first-order valence-electron chi connectivity index (χ1n) is 11.0. The fraction of sp³-hybridized carbons (Fsp3) is 0.346. The van der Waals surface area contributed by atoms with E-state index in [9.17, 15) is 14.4 Å². The molecule has 3 aromatic rings. The number of para-hydroxylation sites is 2. The van der Waals surface area contributed by atoms with Gasteiger partial charge in [0.2, 0.25) is 0 Å². The second-order valence-corrected chi connectivity index (χ2v) is 8.58. The van der Waals surface area contributed by atoms with Crippen molar-refractivity contribution in [2.45, 2.75) is 52.7 Å². The summed E-state index contributed by atoms with van der Waals surface area (Å²) in [5.74, 6) is 0.242. The summed E-state index contributed by atoms with van der Waals surface area (Å²) in [4.78, 5) is 38.7. The minimum absolute atomic E-state index is 0.0164. The molecule has 2 aromatic carbocycles. The fourth-order valence-electron chi connectivity index (χ4n) is 4.16. The van der Waals surface area contributed by atoms with Crippen LogP contribution in [0.15, 0.2) is 51.7 Å². The van der Waals surface area contributed by atoms with Crippen molar-refractivity contribution in [2.24, 2.45) is 0 Å². The number of hydrogen-bond acceptors (Lipinski definition) is 6. The molecule has 1 aromatic heterocycles. The molecule has 1 aliphatic rings. The van der Waals surface area contributed by atoms with Crippen molar-refractivity contribution in [1.29, 1.82) is 0 Å². The van der Waals surface area contributed by atoms with E-state index in [0.29, 0.717) is 28.5 Å². The van der Waals surface area contributed by atoms with Crippen molar-refractivity contribution in [3.8, 4) is 5.75 Å². The Balaban J connectivity index is 1.48. The number of carbonyl (C=O) groups is 2. The average Bonchev–Trinajstić information content (AvgIpc) is 2.77. The molecule has 7 nitrogen and oxygen atoms in total. The van der Waals surface area contributed by atoms with Crippen molar-refractivity contribution < 1.29 is 23.5 Å². The highest BCUT2D eigenvalue weighted by atomic mass is 16.5. The van der Waals surface area contributed by atoms with Gasteiger partial charge in [0, 0.05) is 23.6 Å². The van der Waals surface area contributed by atoms with Crippen LogP contribution in [-0.4, -0.2) is 24.5 Å². The average molecular weight is 450 g/mol. The van der Waals surface area contributed by atoms with Crippen LogP contribution in [0.4, 0.5) is 5.69 Å². The van der Waals surface area contributed by atoms with E-state index in [1.807, 2.05) is 31.2 Å². The molecule has 0 saturated carbocycles. The van der Waals surface area contributed by atoms with Gasteiger partial charge in [0.1, 0.15) is 17.9 Å². The maximum atomic E-state index is 12.6. The van der Waals surface area contributed by atoms with Crippen LogP contribution in [0, 0.1) is 6.92 Å². The molecule has 33 heavy (non-hydrogen) atoms. The molecule has 1 atom stereocenters. The van der Waals surface area contributed by atoms with E-state index in [2.05, 4.69) is 13.8 Å². The molecule has 4 rings (SSSR count). The SMILES string of the molecule is Cc1cc2oc(=O)cc(COC(=O)CCN3C(=O)C(C)Oc4ccccc43)c2cc1C(C)C. The zero-order valence-corrected chi connectivity index (χ0v) is 19.2. The van der Waals surface area contributed by atoms with Gasteiger partial charge in [-0.2, -0.15) is 0 Å². The van der Waals surface area contributed by atoms with Crippen molar-refractivity contribution in [3.05, 3.63) is 69.6 Å². The summed E-state index contributed by atoms with van der Waals surface area (Å²) in [6.45, 7) is 7.98. The van der Waals surface area contributed by atoms with E-state index in [4.69, 9.17) is 13.9 Å². The zero-order chi connectivity index (χ0) is 23.7. The number of anilines is 1. The quantitative estimate of drug-likeness (QED) is 0.408. The highest BCUT2D eigenvalue weighted by Gasteiger charge is 2.31. The van der Waals surface area contributed by atoms with Crippen LogP contribution in [0.2, 0.25) is 0 Å². The van der Waals surface area contributed by atoms with E-state index in [0.717, 1.165) is 16.5 Å². The number of hydrogen-bond donors (Lipinski definition) is 0. The number of rotatable bonds is 6. The number of fused-ring (bicyclic) bond motifs is 2. The van der Waals surface area contributed by atoms with E-state index in [1.165, 1.54) is 6.07 Å². The molecule has 2 heterocycles. The van der Waals surface area contributed by atoms with Crippen molar-refractivity contribution >= 4 is 28.5 Å². The minimum Gasteiger partial charge on any atom is -0.479 e. The summed E-state index contributed by atoms with van der Waals surface area (Å²) in [7, 11) is 0. The van der Waals surface area contributed by atoms with Crippen molar-refractivity contribution in [2.75, 3.05) is 11.4 Å². The Morgan fingerprint density at radius 3 is 2.67 bits per heavy atom. The third-order valence-electron chi connectivity index (χ3n) is 5.84. The number of esters is 1. The van der Waals surface area contributed by atoms with Gasteiger partial charge in [-0.25, -0.2) is 4.79 Å². The lowest BCUT2D eigenvalue weighted by Gasteiger charge is -2.32. The van der Waals surface area contributed by atoms with Crippen LogP contribution in [0.25, 0.3) is 11.0 Å². The topological polar surface area (TPSA) is 86.0 Å². The summed E-state index contributed by atoms with van der Waals surface area (Å²) >= 11 is 0. The summed E-state index contributed by atoms with van der Waals surface area (Å²) in [6.07, 6.45) is -0.605. The van der Waals surface area contributed by atoms with E-state index >= 15 is 0 Å². The highest BCUT2D eigenvalue weighted by Crippen LogP contribution is 2.33. The van der Waals surface area contributed by atoms with Crippen molar-refractivity contribution in [1.82, 2.24) is 0 Å². The molecule has 0 N–H and O–H groups in total. The van der Waals surface area contributed by atoms with Crippen LogP contribution in [0.3, 0.4) is 0 Å². The second-order valence-electron chi connectivity index (χ2n) is 8.58. The lowest BCUT2D eigenvalue weighted by Crippen LogP contribution is -2.45. The summed E-state index contributed by atoms with van der Waals surface area (Å²) < 4.78 is 16.5. The van der Waals surface area contributed by atoms with Gasteiger partial charge in [0.05, 0.1) is 12.1 Å². The van der Waals surface area contributed by atoms with Gasteiger partial charge in [-0.1, -0.05) is 26.0 Å². The number of ether oxygens (including phenoxy) is 2. The summed E-state index contributed by atoms with van der Waals surface area (Å²) in [6, 6.07) is 12.4. The molecule has 0 fully saturated rings. The molecular weight excluding hydrogens is 422 g/mol.